The van der Waals surface area contributed by atoms with Crippen molar-refractivity contribution in [1.82, 2.24) is 5.32 Å². The van der Waals surface area contributed by atoms with Crippen LogP contribution in [-0.4, -0.2) is 17.7 Å². The molecule has 1 atom stereocenters. The summed E-state index contributed by atoms with van der Waals surface area (Å²) in [5, 5.41) is 2.77. The van der Waals surface area contributed by atoms with Crippen LogP contribution in [0.3, 0.4) is 0 Å². The minimum absolute atomic E-state index is 0.00949. The maximum absolute atomic E-state index is 11.3. The Morgan fingerprint density at radius 3 is 2.77 bits per heavy atom. The molecule has 1 N–H and O–H groups in total. The second kappa shape index (κ2) is 4.40. The van der Waals surface area contributed by atoms with Crippen LogP contribution in [0.4, 0.5) is 0 Å². The Hall–Kier alpha value is -0.860. The average Bonchev–Trinajstić information content (AvgIpc) is 2.34. The molecule has 0 spiro atoms. The van der Waals surface area contributed by atoms with Gasteiger partial charge < -0.3 is 5.32 Å². The molecule has 1 rings (SSSR count). The molecule has 0 aromatic carbocycles. The summed E-state index contributed by atoms with van der Waals surface area (Å²) in [6.45, 7) is 3.99. The molecular formula is C10H17NO2. The molecule has 0 saturated heterocycles. The van der Waals surface area contributed by atoms with Crippen molar-refractivity contribution in [2.24, 2.45) is 5.92 Å². The number of hydrogen-bond donors (Lipinski definition) is 1. The molecule has 1 saturated carbocycles. The molecule has 0 unspecified atom stereocenters. The average molecular weight is 183 g/mol. The maximum atomic E-state index is 11.3. The van der Waals surface area contributed by atoms with E-state index in [4.69, 9.17) is 0 Å². The van der Waals surface area contributed by atoms with Crippen molar-refractivity contribution in [3.05, 3.63) is 0 Å². The fourth-order valence-corrected chi connectivity index (χ4v) is 1.59. The van der Waals surface area contributed by atoms with Gasteiger partial charge in [0.2, 0.25) is 5.91 Å². The quantitative estimate of drug-likeness (QED) is 0.716. The third-order valence-electron chi connectivity index (χ3n) is 2.23. The maximum Gasteiger partial charge on any atom is 0.220 e. The van der Waals surface area contributed by atoms with Gasteiger partial charge in [-0.2, -0.15) is 0 Å². The van der Waals surface area contributed by atoms with E-state index in [2.05, 4.69) is 5.32 Å². The fraction of sp³-hybridized carbons (Fsp3) is 0.800. The molecule has 0 bridgehead atoms. The zero-order valence-electron chi connectivity index (χ0n) is 8.30. The Morgan fingerprint density at radius 2 is 2.31 bits per heavy atom. The lowest BCUT2D eigenvalue weighted by Crippen LogP contribution is -2.37. The first-order valence-electron chi connectivity index (χ1n) is 4.91. The van der Waals surface area contributed by atoms with Crippen molar-refractivity contribution in [2.45, 2.75) is 45.6 Å². The molecule has 1 aliphatic carbocycles. The topological polar surface area (TPSA) is 46.2 Å². The highest BCUT2D eigenvalue weighted by Gasteiger charge is 2.25. The minimum Gasteiger partial charge on any atom is -0.346 e. The van der Waals surface area contributed by atoms with Crippen LogP contribution >= 0.6 is 0 Å². The molecular weight excluding hydrogens is 166 g/mol. The van der Waals surface area contributed by atoms with Crippen LogP contribution in [0.15, 0.2) is 0 Å². The fourth-order valence-electron chi connectivity index (χ4n) is 1.59. The summed E-state index contributed by atoms with van der Waals surface area (Å²) in [5.41, 5.74) is 0. The van der Waals surface area contributed by atoms with Crippen LogP contribution in [0.1, 0.15) is 39.5 Å². The minimum atomic E-state index is -0.189. The van der Waals surface area contributed by atoms with Gasteiger partial charge >= 0.3 is 0 Å². The molecule has 3 heteroatoms. The third-order valence-corrected chi connectivity index (χ3v) is 2.23. The number of carbonyl (C=O) groups is 2. The number of rotatable bonds is 3. The molecule has 0 heterocycles. The summed E-state index contributed by atoms with van der Waals surface area (Å²) in [6, 6.07) is -0.189. The van der Waals surface area contributed by atoms with Crippen molar-refractivity contribution in [3.8, 4) is 0 Å². The SMILES string of the molecule is CC(C)CC(=O)N[C@H]1CCCC1=O. The van der Waals surface area contributed by atoms with Gasteiger partial charge in [-0.15, -0.1) is 0 Å². The highest BCUT2D eigenvalue weighted by Crippen LogP contribution is 2.14. The highest BCUT2D eigenvalue weighted by molar-refractivity contribution is 5.90. The van der Waals surface area contributed by atoms with Gasteiger partial charge in [0.15, 0.2) is 5.78 Å². The number of amides is 1. The highest BCUT2D eigenvalue weighted by atomic mass is 16.2. The molecule has 1 amide bonds. The summed E-state index contributed by atoms with van der Waals surface area (Å²) < 4.78 is 0. The largest absolute Gasteiger partial charge is 0.346 e. The second-order valence-electron chi connectivity index (χ2n) is 4.08. The predicted octanol–water partition coefficient (Wildman–Crippen LogP) is 1.27. The van der Waals surface area contributed by atoms with Gasteiger partial charge in [0, 0.05) is 12.8 Å². The van der Waals surface area contributed by atoms with Crippen molar-refractivity contribution in [1.29, 1.82) is 0 Å². The van der Waals surface area contributed by atoms with Crippen molar-refractivity contribution < 1.29 is 9.59 Å². The lowest BCUT2D eigenvalue weighted by molar-refractivity contribution is -0.127. The molecule has 74 valence electrons. The van der Waals surface area contributed by atoms with Crippen LogP contribution in [0.25, 0.3) is 0 Å². The number of nitrogens with one attached hydrogen (secondary N) is 1. The van der Waals surface area contributed by atoms with Crippen LogP contribution in [-0.2, 0) is 9.59 Å². The number of Topliss-reactive ketones (excluding diaryl/α,β-unsaturated/α-hetero) is 1. The van der Waals surface area contributed by atoms with Crippen molar-refractivity contribution in [2.75, 3.05) is 0 Å². The normalized spacial score (nSPS) is 22.4. The van der Waals surface area contributed by atoms with E-state index < -0.39 is 0 Å². The van der Waals surface area contributed by atoms with Crippen LogP contribution in [0.2, 0.25) is 0 Å². The van der Waals surface area contributed by atoms with Crippen molar-refractivity contribution >= 4 is 11.7 Å². The molecule has 0 radical (unpaired) electrons. The van der Waals surface area contributed by atoms with Gasteiger partial charge in [0.25, 0.3) is 0 Å². The lowest BCUT2D eigenvalue weighted by atomic mass is 10.1. The van der Waals surface area contributed by atoms with E-state index in [0.29, 0.717) is 18.8 Å². The number of hydrogen-bond acceptors (Lipinski definition) is 2. The molecule has 1 fully saturated rings. The summed E-state index contributed by atoms with van der Waals surface area (Å²) in [7, 11) is 0. The van der Waals surface area contributed by atoms with Gasteiger partial charge in [-0.25, -0.2) is 0 Å². The summed E-state index contributed by atoms with van der Waals surface area (Å²) in [6.07, 6.45) is 2.89. The Morgan fingerprint density at radius 1 is 1.62 bits per heavy atom. The van der Waals surface area contributed by atoms with Gasteiger partial charge in [-0.3, -0.25) is 9.59 Å². The van der Waals surface area contributed by atoms with Crippen LogP contribution in [0, 0.1) is 5.92 Å². The lowest BCUT2D eigenvalue weighted by Gasteiger charge is -2.11. The zero-order valence-corrected chi connectivity index (χ0v) is 8.30. The first-order valence-corrected chi connectivity index (χ1v) is 4.91. The molecule has 1 aliphatic rings. The van der Waals surface area contributed by atoms with E-state index in [1.807, 2.05) is 13.8 Å². The van der Waals surface area contributed by atoms with Gasteiger partial charge in [-0.1, -0.05) is 13.8 Å². The molecule has 13 heavy (non-hydrogen) atoms. The van der Waals surface area contributed by atoms with E-state index in [-0.39, 0.29) is 17.7 Å². The van der Waals surface area contributed by atoms with E-state index in [1.54, 1.807) is 0 Å². The summed E-state index contributed by atoms with van der Waals surface area (Å²) in [4.78, 5) is 22.5. The Balaban J connectivity index is 2.31. The first kappa shape index (κ1) is 10.2. The summed E-state index contributed by atoms with van der Waals surface area (Å²) in [5.74, 6) is 0.559. The van der Waals surface area contributed by atoms with E-state index in [9.17, 15) is 9.59 Å². The van der Waals surface area contributed by atoms with E-state index in [1.165, 1.54) is 0 Å². The first-order chi connectivity index (χ1) is 6.09. The Labute approximate surface area is 78.9 Å². The smallest absolute Gasteiger partial charge is 0.220 e. The van der Waals surface area contributed by atoms with Gasteiger partial charge in [0.1, 0.15) is 0 Å². The standard InChI is InChI=1S/C10H17NO2/c1-7(2)6-10(13)11-8-4-3-5-9(8)12/h7-8H,3-6H2,1-2H3,(H,11,13)/t8-/m0/s1. The molecule has 3 nitrogen and oxygen atoms in total. The predicted molar refractivity (Wildman–Crippen MR) is 50.2 cm³/mol. The monoisotopic (exact) mass is 183 g/mol. The molecule has 0 aliphatic heterocycles. The molecule has 0 aromatic heterocycles. The Kier molecular flexibility index (Phi) is 3.46. The second-order valence-corrected chi connectivity index (χ2v) is 4.08. The number of ketones is 1. The van der Waals surface area contributed by atoms with Crippen LogP contribution < -0.4 is 5.32 Å². The molecule has 0 aromatic rings. The van der Waals surface area contributed by atoms with Crippen molar-refractivity contribution in [3.63, 3.8) is 0 Å². The zero-order chi connectivity index (χ0) is 9.84. The van der Waals surface area contributed by atoms with E-state index >= 15 is 0 Å². The number of carbonyl (C=O) groups excluding carboxylic acids is 2. The van der Waals surface area contributed by atoms with E-state index in [0.717, 1.165) is 12.8 Å². The van der Waals surface area contributed by atoms with Gasteiger partial charge in [-0.05, 0) is 18.8 Å². The third kappa shape index (κ3) is 3.17. The summed E-state index contributed by atoms with van der Waals surface area (Å²) >= 11 is 0. The van der Waals surface area contributed by atoms with Crippen LogP contribution in [0.5, 0.6) is 0 Å². The Bertz CT molecular complexity index is 211. The van der Waals surface area contributed by atoms with Gasteiger partial charge in [0.05, 0.1) is 6.04 Å².